The minimum Gasteiger partial charge on any atom is -0.481 e. The Hall–Kier alpha value is -1.67. The highest BCUT2D eigenvalue weighted by Gasteiger charge is 2.30. The van der Waals surface area contributed by atoms with Crippen molar-refractivity contribution < 1.29 is 29.2 Å². The summed E-state index contributed by atoms with van der Waals surface area (Å²) in [5, 5.41) is 9.01. The summed E-state index contributed by atoms with van der Waals surface area (Å²) >= 11 is 0. The number of hydrogen-bond acceptors (Lipinski definition) is 5. The Kier molecular flexibility index (Phi) is 6.78. The van der Waals surface area contributed by atoms with Gasteiger partial charge < -0.3 is 5.11 Å². The molecule has 0 aliphatic rings. The number of hydrogen-bond donors (Lipinski definition) is 3. The number of hydroxylamine groups is 2. The summed E-state index contributed by atoms with van der Waals surface area (Å²) in [6, 6.07) is 0. The lowest BCUT2D eigenvalue weighted by molar-refractivity contribution is -0.163. The first-order valence-corrected chi connectivity index (χ1v) is 6.49. The highest BCUT2D eigenvalue weighted by Crippen LogP contribution is 2.09. The Morgan fingerprint density at radius 3 is 1.76 bits per heavy atom. The van der Waals surface area contributed by atoms with Crippen molar-refractivity contribution in [2.45, 2.75) is 59.2 Å². The maximum Gasteiger partial charge on any atom is 0.316 e. The normalized spacial score (nSPS) is 13.4. The second-order valence-corrected chi connectivity index (χ2v) is 6.52. The lowest BCUT2D eigenvalue weighted by Crippen LogP contribution is -2.42. The Morgan fingerprint density at radius 1 is 0.952 bits per heavy atom. The van der Waals surface area contributed by atoms with E-state index in [0.29, 0.717) is 0 Å². The molecule has 0 aromatic carbocycles. The summed E-state index contributed by atoms with van der Waals surface area (Å²) in [6.45, 7) is 10.2. The molecule has 1 atom stereocenters. The van der Waals surface area contributed by atoms with Crippen LogP contribution in [-0.4, -0.2) is 34.1 Å². The van der Waals surface area contributed by atoms with Crippen molar-refractivity contribution in [2.24, 2.45) is 5.92 Å². The van der Waals surface area contributed by atoms with E-state index >= 15 is 0 Å². The zero-order valence-corrected chi connectivity index (χ0v) is 13.3. The number of carboxylic acid groups (broad SMARTS) is 1. The van der Waals surface area contributed by atoms with Crippen molar-refractivity contribution in [3.05, 3.63) is 0 Å². The van der Waals surface area contributed by atoms with Crippen molar-refractivity contribution >= 4 is 17.8 Å². The van der Waals surface area contributed by atoms with Crippen LogP contribution in [0.25, 0.3) is 0 Å². The maximum absolute atomic E-state index is 11.7. The van der Waals surface area contributed by atoms with E-state index in [-0.39, 0.29) is 0 Å². The number of rotatable bonds is 6. The molecule has 0 heterocycles. The van der Waals surface area contributed by atoms with Gasteiger partial charge in [-0.2, -0.15) is 0 Å². The molecule has 0 radical (unpaired) electrons. The molecule has 8 nitrogen and oxygen atoms in total. The lowest BCUT2D eigenvalue weighted by atomic mass is 10.1. The van der Waals surface area contributed by atoms with Crippen molar-refractivity contribution in [3.63, 3.8) is 0 Å². The number of carboxylic acids is 1. The Labute approximate surface area is 124 Å². The van der Waals surface area contributed by atoms with Crippen LogP contribution in [0.4, 0.5) is 0 Å². The van der Waals surface area contributed by atoms with Gasteiger partial charge in [0.2, 0.25) is 5.91 Å². The average molecular weight is 304 g/mol. The van der Waals surface area contributed by atoms with Gasteiger partial charge >= 0.3 is 5.97 Å². The van der Waals surface area contributed by atoms with Crippen LogP contribution in [-0.2, 0) is 24.1 Å². The van der Waals surface area contributed by atoms with E-state index < -0.39 is 41.3 Å². The predicted octanol–water partition coefficient (Wildman–Crippen LogP) is 0.770. The van der Waals surface area contributed by atoms with Gasteiger partial charge in [-0.15, -0.1) is 0 Å². The summed E-state index contributed by atoms with van der Waals surface area (Å²) in [6.07, 6.45) is -0.551. The molecule has 0 saturated heterocycles. The van der Waals surface area contributed by atoms with Crippen molar-refractivity contribution in [1.82, 2.24) is 11.0 Å². The molecule has 0 spiro atoms. The number of carbonyl (C=O) groups is 3. The van der Waals surface area contributed by atoms with Crippen LogP contribution in [0.5, 0.6) is 0 Å². The summed E-state index contributed by atoms with van der Waals surface area (Å²) in [5.41, 5.74) is 2.86. The SMILES string of the molecule is CC(C)(C)ONC(=O)CC(C(=O)O)C(=O)NOC(C)(C)C. The van der Waals surface area contributed by atoms with E-state index in [4.69, 9.17) is 14.8 Å². The molecule has 0 aliphatic carbocycles. The van der Waals surface area contributed by atoms with Crippen LogP contribution < -0.4 is 11.0 Å². The maximum atomic E-state index is 11.7. The van der Waals surface area contributed by atoms with Gasteiger partial charge in [0.05, 0.1) is 17.6 Å². The second kappa shape index (κ2) is 7.37. The lowest BCUT2D eigenvalue weighted by Gasteiger charge is -2.21. The average Bonchev–Trinajstić information content (AvgIpc) is 2.28. The smallest absolute Gasteiger partial charge is 0.316 e. The van der Waals surface area contributed by atoms with Crippen LogP contribution in [0.15, 0.2) is 0 Å². The Bertz CT molecular complexity index is 394. The predicted molar refractivity (Wildman–Crippen MR) is 73.7 cm³/mol. The molecule has 0 bridgehead atoms. The molecule has 21 heavy (non-hydrogen) atoms. The van der Waals surface area contributed by atoms with E-state index in [0.717, 1.165) is 0 Å². The van der Waals surface area contributed by atoms with Crippen molar-refractivity contribution in [1.29, 1.82) is 0 Å². The molecule has 0 aromatic rings. The summed E-state index contributed by atoms with van der Waals surface area (Å²) in [4.78, 5) is 44.4. The third kappa shape index (κ3) is 9.80. The fraction of sp³-hybridized carbons (Fsp3) is 0.769. The number of amides is 2. The van der Waals surface area contributed by atoms with Gasteiger partial charge in [0, 0.05) is 0 Å². The summed E-state index contributed by atoms with van der Waals surface area (Å²) in [7, 11) is 0. The molecular weight excluding hydrogens is 280 g/mol. The van der Waals surface area contributed by atoms with Gasteiger partial charge in [0.15, 0.2) is 0 Å². The monoisotopic (exact) mass is 304 g/mol. The summed E-state index contributed by atoms with van der Waals surface area (Å²) < 4.78 is 0. The first kappa shape index (κ1) is 19.3. The van der Waals surface area contributed by atoms with Gasteiger partial charge in [-0.3, -0.25) is 24.1 Å². The fourth-order valence-corrected chi connectivity index (χ4v) is 1.00. The number of aliphatic carboxylic acids is 1. The number of carbonyl (C=O) groups excluding carboxylic acids is 2. The van der Waals surface area contributed by atoms with Crippen LogP contribution in [0, 0.1) is 5.92 Å². The summed E-state index contributed by atoms with van der Waals surface area (Å²) in [5.74, 6) is -4.58. The van der Waals surface area contributed by atoms with Crippen molar-refractivity contribution in [2.75, 3.05) is 0 Å². The Balaban J connectivity index is 4.52. The zero-order chi connectivity index (χ0) is 16.8. The molecule has 0 aliphatic heterocycles. The van der Waals surface area contributed by atoms with E-state index in [1.54, 1.807) is 41.5 Å². The van der Waals surface area contributed by atoms with Crippen LogP contribution >= 0.6 is 0 Å². The molecule has 0 rings (SSSR count). The molecule has 8 heteroatoms. The molecule has 122 valence electrons. The standard InChI is InChI=1S/C13H24N2O6/c1-12(2,3)20-14-9(16)7-8(11(18)19)10(17)15-21-13(4,5)6/h8H,7H2,1-6H3,(H,14,16)(H,15,17)(H,18,19). The highest BCUT2D eigenvalue weighted by atomic mass is 16.7. The minimum absolute atomic E-state index is 0.551. The van der Waals surface area contributed by atoms with E-state index in [1.165, 1.54) is 0 Å². The molecule has 2 amide bonds. The van der Waals surface area contributed by atoms with E-state index in [1.807, 2.05) is 5.48 Å². The molecular formula is C13H24N2O6. The zero-order valence-electron chi connectivity index (χ0n) is 13.3. The van der Waals surface area contributed by atoms with E-state index in [2.05, 4.69) is 5.48 Å². The van der Waals surface area contributed by atoms with Crippen molar-refractivity contribution in [3.8, 4) is 0 Å². The highest BCUT2D eigenvalue weighted by molar-refractivity contribution is 5.99. The largest absolute Gasteiger partial charge is 0.481 e. The molecule has 0 aromatic heterocycles. The first-order chi connectivity index (χ1) is 9.32. The third-order valence-electron chi connectivity index (χ3n) is 1.93. The molecule has 0 fully saturated rings. The second-order valence-electron chi connectivity index (χ2n) is 6.52. The first-order valence-electron chi connectivity index (χ1n) is 6.49. The van der Waals surface area contributed by atoms with Gasteiger partial charge in [0.1, 0.15) is 5.92 Å². The molecule has 3 N–H and O–H groups in total. The van der Waals surface area contributed by atoms with Gasteiger partial charge in [0.25, 0.3) is 5.91 Å². The van der Waals surface area contributed by atoms with Gasteiger partial charge in [-0.05, 0) is 41.5 Å². The van der Waals surface area contributed by atoms with Crippen LogP contribution in [0.1, 0.15) is 48.0 Å². The Morgan fingerprint density at radius 2 is 1.38 bits per heavy atom. The fourth-order valence-electron chi connectivity index (χ4n) is 1.00. The number of nitrogens with one attached hydrogen (secondary N) is 2. The third-order valence-corrected chi connectivity index (χ3v) is 1.93. The molecule has 0 saturated carbocycles. The topological polar surface area (TPSA) is 114 Å². The minimum atomic E-state index is -1.56. The van der Waals surface area contributed by atoms with Gasteiger partial charge in [-0.25, -0.2) is 11.0 Å². The van der Waals surface area contributed by atoms with Crippen LogP contribution in [0.3, 0.4) is 0 Å². The van der Waals surface area contributed by atoms with Gasteiger partial charge in [-0.1, -0.05) is 0 Å². The van der Waals surface area contributed by atoms with E-state index in [9.17, 15) is 14.4 Å². The quantitative estimate of drug-likeness (QED) is 0.493. The van der Waals surface area contributed by atoms with Crippen LogP contribution in [0.2, 0.25) is 0 Å². The molecule has 1 unspecified atom stereocenters.